The Bertz CT molecular complexity index is 246. The molecule has 5 nitrogen and oxygen atoms in total. The highest BCUT2D eigenvalue weighted by Crippen LogP contribution is 2.33. The van der Waals surface area contributed by atoms with E-state index < -0.39 is 7.32 Å². The molecule has 0 fully saturated rings. The zero-order valence-electron chi connectivity index (χ0n) is 4.27. The Morgan fingerprint density at radius 1 is 1.56 bits per heavy atom. The Morgan fingerprint density at radius 3 is 3.22 bits per heavy atom. The summed E-state index contributed by atoms with van der Waals surface area (Å²) in [6.07, 6.45) is 1.62. The van der Waals surface area contributed by atoms with Crippen LogP contribution in [0.4, 0.5) is 0 Å². The Labute approximate surface area is 50.2 Å². The second-order valence-electron chi connectivity index (χ2n) is 1.83. The first-order valence-corrected chi connectivity index (χ1v) is 2.52. The molecule has 0 N–H and O–H groups in total. The van der Waals surface area contributed by atoms with E-state index in [0.29, 0.717) is 11.6 Å². The second kappa shape index (κ2) is 0.875. The van der Waals surface area contributed by atoms with E-state index in [4.69, 9.17) is 14.1 Å². The monoisotopic (exact) mass is 124 g/mol. The number of aromatic nitrogens is 2. The quantitative estimate of drug-likeness (QED) is 0.419. The minimum atomic E-state index is -0.586. The summed E-state index contributed by atoms with van der Waals surface area (Å²) in [5.74, 6) is 1.18. The fourth-order valence-electron chi connectivity index (χ4n) is 0.890. The molecule has 4 bridgehead atoms. The minimum absolute atomic E-state index is 0.520. The molecule has 9 heavy (non-hydrogen) atoms. The Kier molecular flexibility index (Phi) is 0.355. The Hall–Kier alpha value is -1.33. The number of hydrogen-bond donors (Lipinski definition) is 0. The smallest absolute Gasteiger partial charge is 0.482 e. The maximum Gasteiger partial charge on any atom is 0.887 e. The van der Waals surface area contributed by atoms with Gasteiger partial charge in [0.25, 0.3) is 5.88 Å². The molecular weight excluding hydrogens is 123 g/mol. The fourth-order valence-corrected chi connectivity index (χ4v) is 0.890. The third kappa shape index (κ3) is 0.284. The number of rotatable bonds is 0. The van der Waals surface area contributed by atoms with Gasteiger partial charge in [-0.15, -0.1) is 4.85 Å². The molecule has 0 aromatic carbocycles. The zero-order chi connectivity index (χ0) is 5.84. The molecule has 3 aliphatic rings. The van der Waals surface area contributed by atoms with Crippen LogP contribution in [0.1, 0.15) is 0 Å². The SMILES string of the molecule is c1c2c3nn1OB(O2)O3. The van der Waals surface area contributed by atoms with Gasteiger partial charge in [-0.1, -0.05) is 5.10 Å². The molecule has 0 atom stereocenters. The molecule has 0 saturated heterocycles. The lowest BCUT2D eigenvalue weighted by Crippen LogP contribution is -2.42. The van der Waals surface area contributed by atoms with Crippen LogP contribution in [0, 0.1) is 0 Å². The molecule has 4 heterocycles. The summed E-state index contributed by atoms with van der Waals surface area (Å²) in [5.41, 5.74) is 0. The van der Waals surface area contributed by atoms with Gasteiger partial charge in [0.2, 0.25) is 0 Å². The van der Waals surface area contributed by atoms with Gasteiger partial charge < -0.3 is 14.1 Å². The highest BCUT2D eigenvalue weighted by Gasteiger charge is 2.46. The van der Waals surface area contributed by atoms with E-state index in [0.717, 1.165) is 0 Å². The van der Waals surface area contributed by atoms with Gasteiger partial charge in [-0.25, -0.2) is 0 Å². The first-order chi connectivity index (χ1) is 4.42. The summed E-state index contributed by atoms with van der Waals surface area (Å²) in [7, 11) is -0.586. The third-order valence-electron chi connectivity index (χ3n) is 1.25. The Morgan fingerprint density at radius 2 is 2.56 bits per heavy atom. The lowest BCUT2D eigenvalue weighted by atomic mass is 10.2. The van der Waals surface area contributed by atoms with Crippen molar-refractivity contribution in [3.05, 3.63) is 6.20 Å². The predicted molar refractivity (Wildman–Crippen MR) is 25.8 cm³/mol. The van der Waals surface area contributed by atoms with Crippen molar-refractivity contribution in [1.82, 2.24) is 9.94 Å². The molecule has 0 unspecified atom stereocenters. The second-order valence-corrected chi connectivity index (χ2v) is 1.83. The van der Waals surface area contributed by atoms with Crippen LogP contribution in [0.5, 0.6) is 11.6 Å². The molecule has 0 saturated carbocycles. The van der Waals surface area contributed by atoms with Crippen molar-refractivity contribution in [3.63, 3.8) is 0 Å². The van der Waals surface area contributed by atoms with Crippen molar-refractivity contribution >= 4 is 7.32 Å². The number of nitrogens with zero attached hydrogens (tertiary/aromatic N) is 2. The molecule has 6 heteroatoms. The van der Waals surface area contributed by atoms with E-state index in [2.05, 4.69) is 5.10 Å². The average molecular weight is 124 g/mol. The van der Waals surface area contributed by atoms with E-state index in [1.54, 1.807) is 6.20 Å². The van der Waals surface area contributed by atoms with Crippen molar-refractivity contribution in [1.29, 1.82) is 0 Å². The molecule has 3 aliphatic heterocycles. The molecule has 4 rings (SSSR count). The van der Waals surface area contributed by atoms with Gasteiger partial charge in [-0.2, -0.15) is 0 Å². The van der Waals surface area contributed by atoms with Gasteiger partial charge in [0.15, 0.2) is 5.75 Å². The maximum absolute atomic E-state index is 5.00. The van der Waals surface area contributed by atoms with Crippen molar-refractivity contribution in [3.8, 4) is 11.6 Å². The summed E-state index contributed by atoms with van der Waals surface area (Å²) in [6, 6.07) is 0. The summed E-state index contributed by atoms with van der Waals surface area (Å²) in [6.45, 7) is 0. The average Bonchev–Trinajstić information content (AvgIpc) is 2.20. The largest absolute Gasteiger partial charge is 0.887 e. The topological polar surface area (TPSA) is 45.5 Å². The van der Waals surface area contributed by atoms with Gasteiger partial charge in [-0.3, -0.25) is 0 Å². The lowest BCUT2D eigenvalue weighted by molar-refractivity contribution is 0.131. The maximum atomic E-state index is 5.00. The van der Waals surface area contributed by atoms with Crippen LogP contribution < -0.4 is 14.1 Å². The van der Waals surface area contributed by atoms with Crippen molar-refractivity contribution in [2.45, 2.75) is 0 Å². The minimum Gasteiger partial charge on any atom is -0.482 e. The van der Waals surface area contributed by atoms with E-state index in [1.807, 2.05) is 0 Å². The lowest BCUT2D eigenvalue weighted by Gasteiger charge is -2.10. The first-order valence-electron chi connectivity index (χ1n) is 2.52. The van der Waals surface area contributed by atoms with Crippen LogP contribution in [0.15, 0.2) is 6.20 Å². The highest BCUT2D eigenvalue weighted by atomic mass is 16.8. The Balaban J connectivity index is 2.42. The van der Waals surface area contributed by atoms with E-state index in [9.17, 15) is 0 Å². The summed E-state index contributed by atoms with van der Waals surface area (Å²) < 4.78 is 14.8. The van der Waals surface area contributed by atoms with Crippen LogP contribution in [0.3, 0.4) is 0 Å². The number of hydrogen-bond acceptors (Lipinski definition) is 4. The molecule has 1 aromatic heterocycles. The standard InChI is InChI=1S/C3HBN2O3/c1-2-3-5-6(1)9-4(7-2)8-3/h1H. The van der Waals surface area contributed by atoms with Crippen LogP contribution in [0.2, 0.25) is 0 Å². The van der Waals surface area contributed by atoms with E-state index in [1.165, 1.54) is 4.85 Å². The molecule has 0 radical (unpaired) electrons. The summed E-state index contributed by atoms with van der Waals surface area (Å²) >= 11 is 0. The van der Waals surface area contributed by atoms with Crippen LogP contribution in [-0.4, -0.2) is 17.3 Å². The van der Waals surface area contributed by atoms with E-state index in [-0.39, 0.29) is 0 Å². The first kappa shape index (κ1) is 3.65. The van der Waals surface area contributed by atoms with Crippen molar-refractivity contribution < 1.29 is 14.1 Å². The summed E-state index contributed by atoms with van der Waals surface area (Å²) in [5, 5.41) is 3.80. The third-order valence-corrected chi connectivity index (χ3v) is 1.25. The molecule has 0 aliphatic carbocycles. The van der Waals surface area contributed by atoms with Crippen LogP contribution in [0.25, 0.3) is 0 Å². The highest BCUT2D eigenvalue weighted by molar-refractivity contribution is 6.40. The van der Waals surface area contributed by atoms with Crippen LogP contribution >= 0.6 is 0 Å². The molecule has 44 valence electrons. The van der Waals surface area contributed by atoms with Gasteiger partial charge >= 0.3 is 7.32 Å². The molecular formula is C3HBN2O3. The van der Waals surface area contributed by atoms with Gasteiger partial charge in [0.05, 0.1) is 0 Å². The predicted octanol–water partition coefficient (Wildman–Crippen LogP) is -0.919. The van der Waals surface area contributed by atoms with Gasteiger partial charge in [0, 0.05) is 0 Å². The van der Waals surface area contributed by atoms with Gasteiger partial charge in [0.1, 0.15) is 6.20 Å². The zero-order valence-corrected chi connectivity index (χ0v) is 4.27. The fraction of sp³-hybridized carbons (Fsp3) is 0. The molecule has 0 spiro atoms. The molecule has 0 amide bonds. The summed E-state index contributed by atoms with van der Waals surface area (Å²) in [4.78, 5) is 1.34. The normalized spacial score (nSPS) is 17.1. The van der Waals surface area contributed by atoms with Crippen LogP contribution in [-0.2, 0) is 0 Å². The van der Waals surface area contributed by atoms with E-state index >= 15 is 0 Å². The van der Waals surface area contributed by atoms with Gasteiger partial charge in [-0.05, 0) is 0 Å². The van der Waals surface area contributed by atoms with Crippen molar-refractivity contribution in [2.75, 3.05) is 0 Å². The van der Waals surface area contributed by atoms with Crippen molar-refractivity contribution in [2.24, 2.45) is 0 Å². The molecule has 1 aromatic rings.